The molecule has 0 unspecified atom stereocenters. The minimum atomic E-state index is -7.90. The van der Waals surface area contributed by atoms with Gasteiger partial charge >= 0.3 is 105 Å². The summed E-state index contributed by atoms with van der Waals surface area (Å²) in [6.45, 7) is 0. The van der Waals surface area contributed by atoms with E-state index in [0.29, 0.717) is 0 Å². The van der Waals surface area contributed by atoms with Gasteiger partial charge in [-0.15, -0.1) is 0 Å². The number of halogens is 33. The van der Waals surface area contributed by atoms with E-state index in [4.69, 9.17) is 0 Å². The van der Waals surface area contributed by atoms with Crippen LogP contribution >= 0.6 is 0 Å². The van der Waals surface area contributed by atoms with Gasteiger partial charge < -0.3 is 13.7 Å². The molecule has 0 atom stereocenters. The Labute approximate surface area is 319 Å². The van der Waals surface area contributed by atoms with Crippen LogP contribution < -0.4 is 0 Å². The SMILES string of the molecule is O=S(=O)([O-])C(F)(F)C(F)(F)C(F)(F)C(F)(F)C(F)(F)F.O=S(=O)([O-])C(F)(F)C(F)(F)C(F)(F)C(F)(F)C(F)(F)F.O=S(=O)([O-])C(F)(F)C(F)(F)C(F)(F)C(F)(F)C(F)(F)F.[Al+3]. The van der Waals surface area contributed by atoms with E-state index in [0.717, 1.165) is 0 Å². The van der Waals surface area contributed by atoms with E-state index in [1.165, 1.54) is 0 Å². The van der Waals surface area contributed by atoms with E-state index in [9.17, 15) is 184 Å². The van der Waals surface area contributed by atoms with Gasteiger partial charge in [0, 0.05) is 0 Å². The molecule has 0 radical (unpaired) electrons. The molecule has 0 bridgehead atoms. The van der Waals surface area contributed by atoms with Crippen molar-refractivity contribution >= 4 is 47.7 Å². The molecule has 0 amide bonds. The van der Waals surface area contributed by atoms with E-state index >= 15 is 0 Å². The van der Waals surface area contributed by atoms with Gasteiger partial charge in [0.15, 0.2) is 30.4 Å². The number of hydrogen-bond donors (Lipinski definition) is 0. The minimum absolute atomic E-state index is 0. The third kappa shape index (κ3) is 10.3. The molecule has 0 fully saturated rings. The van der Waals surface area contributed by atoms with Gasteiger partial charge in [0.05, 0.1) is 0 Å². The Balaban J connectivity index is -0.000000396. The third-order valence-corrected chi connectivity index (χ3v) is 8.13. The molecular weight excluding hydrogens is 1070 g/mol. The van der Waals surface area contributed by atoms with Crippen molar-refractivity contribution in [3.63, 3.8) is 0 Å². The largest absolute Gasteiger partial charge is 3.00 e. The van der Waals surface area contributed by atoms with E-state index in [-0.39, 0.29) is 17.4 Å². The summed E-state index contributed by atoms with van der Waals surface area (Å²) >= 11 is 0. The van der Waals surface area contributed by atoms with Gasteiger partial charge in [0.2, 0.25) is 0 Å². The summed E-state index contributed by atoms with van der Waals surface area (Å²) in [6.07, 6.45) is -22.2. The Morgan fingerprint density at radius 3 is 0.377 bits per heavy atom. The Bertz CT molecular complexity index is 1650. The Morgan fingerprint density at radius 1 is 0.213 bits per heavy atom. The molecule has 0 aliphatic carbocycles. The monoisotopic (exact) mass is 1070 g/mol. The minimum Gasteiger partial charge on any atom is -0.743 e. The smallest absolute Gasteiger partial charge is 0.743 e. The molecule has 366 valence electrons. The summed E-state index contributed by atoms with van der Waals surface area (Å²) in [4.78, 5) is 0. The van der Waals surface area contributed by atoms with Gasteiger partial charge in [-0.3, -0.25) is 0 Å². The first-order valence-electron chi connectivity index (χ1n) is 11.3. The maximum atomic E-state index is 12.4. The van der Waals surface area contributed by atoms with Crippen LogP contribution in [0.1, 0.15) is 0 Å². The van der Waals surface area contributed by atoms with Crippen LogP contribution in [0.4, 0.5) is 145 Å². The predicted molar refractivity (Wildman–Crippen MR) is 112 cm³/mol. The van der Waals surface area contributed by atoms with Crippen LogP contribution in [-0.4, -0.2) is 144 Å². The van der Waals surface area contributed by atoms with E-state index in [1.807, 2.05) is 0 Å². The van der Waals surface area contributed by atoms with Crippen LogP contribution in [0.2, 0.25) is 0 Å². The molecule has 0 aromatic heterocycles. The van der Waals surface area contributed by atoms with Gasteiger partial charge in [-0.2, -0.15) is 145 Å². The van der Waals surface area contributed by atoms with Crippen molar-refractivity contribution < 1.29 is 184 Å². The number of alkyl halides is 33. The number of hydrogen-bond acceptors (Lipinski definition) is 9. The fourth-order valence-electron chi connectivity index (χ4n) is 2.14. The summed E-state index contributed by atoms with van der Waals surface area (Å²) in [5.41, 5.74) is 0. The van der Waals surface area contributed by atoms with Crippen molar-refractivity contribution in [1.29, 1.82) is 0 Å². The molecule has 0 aromatic carbocycles. The van der Waals surface area contributed by atoms with E-state index < -0.39 is 118 Å². The maximum absolute atomic E-state index is 12.4. The molecule has 0 aromatic rings. The zero-order chi connectivity index (χ0) is 51.0. The quantitative estimate of drug-likeness (QED) is 0.110. The Kier molecular flexibility index (Phi) is 18.0. The van der Waals surface area contributed by atoms with E-state index in [2.05, 4.69) is 0 Å². The summed E-state index contributed by atoms with van der Waals surface area (Å²) in [7, 11) is -23.0. The standard InChI is InChI=1S/3C5HF11O3S.Al/c3*6-1(7,2(8,9)4(12,13)14)3(10,11)5(15,16)20(17,18)19;/h3*(H,17,18,19);/q;;;+3/p-3. The second kappa shape index (κ2) is 16.7. The molecule has 0 aliphatic rings. The van der Waals surface area contributed by atoms with Gasteiger partial charge in [-0.25, -0.2) is 25.3 Å². The summed E-state index contributed by atoms with van der Waals surface area (Å²) in [5, 5.41) is -22.2. The predicted octanol–water partition coefficient (Wildman–Crippen LogP) is 7.40. The second-order valence-corrected chi connectivity index (χ2v) is 13.8. The molecule has 61 heavy (non-hydrogen) atoms. The van der Waals surface area contributed by atoms with Crippen molar-refractivity contribution in [2.75, 3.05) is 0 Å². The molecule has 0 saturated carbocycles. The molecule has 0 saturated heterocycles. The van der Waals surface area contributed by atoms with Crippen LogP contribution in [-0.2, 0) is 30.4 Å². The zero-order valence-corrected chi connectivity index (χ0v) is 29.1. The van der Waals surface area contributed by atoms with Crippen LogP contribution in [0.3, 0.4) is 0 Å². The molecule has 46 heteroatoms. The molecule has 9 nitrogen and oxygen atoms in total. The molecule has 0 spiro atoms. The fourth-order valence-corrected chi connectivity index (χ4v) is 3.47. The average Bonchev–Trinajstić information content (AvgIpc) is 2.93. The second-order valence-electron chi connectivity index (χ2n) is 9.58. The average molecular weight is 1070 g/mol. The zero-order valence-electron chi connectivity index (χ0n) is 25.4. The fraction of sp³-hybridized carbons (Fsp3) is 1.00. The Morgan fingerprint density at radius 2 is 0.311 bits per heavy atom. The van der Waals surface area contributed by atoms with Gasteiger partial charge in [-0.05, 0) is 0 Å². The van der Waals surface area contributed by atoms with Gasteiger partial charge in [0.25, 0.3) is 0 Å². The van der Waals surface area contributed by atoms with Crippen molar-refractivity contribution in [3.05, 3.63) is 0 Å². The van der Waals surface area contributed by atoms with Crippen LogP contribution in [0.5, 0.6) is 0 Å². The van der Waals surface area contributed by atoms with E-state index in [1.54, 1.807) is 0 Å². The van der Waals surface area contributed by atoms with Gasteiger partial charge in [-0.1, -0.05) is 0 Å². The normalized spacial score (nSPS) is 16.1. The molecule has 0 aliphatic heterocycles. The van der Waals surface area contributed by atoms with Crippen LogP contribution in [0.15, 0.2) is 0 Å². The summed E-state index contributed by atoms with van der Waals surface area (Å²) < 4.78 is 486. The van der Waals surface area contributed by atoms with Crippen LogP contribution in [0.25, 0.3) is 0 Å². The topological polar surface area (TPSA) is 172 Å². The van der Waals surface area contributed by atoms with Crippen LogP contribution in [0, 0.1) is 0 Å². The summed E-state index contributed by atoms with van der Waals surface area (Å²) in [6, 6.07) is 0. The summed E-state index contributed by atoms with van der Waals surface area (Å²) in [5.74, 6) is -70.3. The third-order valence-electron chi connectivity index (χ3n) is 5.47. The molecule has 0 N–H and O–H groups in total. The first kappa shape index (κ1) is 65.6. The number of rotatable bonds is 12. The first-order valence-corrected chi connectivity index (χ1v) is 15.6. The first-order chi connectivity index (χ1) is 24.8. The maximum Gasteiger partial charge on any atom is 3.00 e. The molecule has 0 heterocycles. The van der Waals surface area contributed by atoms with Crippen molar-refractivity contribution in [3.8, 4) is 0 Å². The molecular formula is C15AlF33O9S3. The van der Waals surface area contributed by atoms with Crippen molar-refractivity contribution in [1.82, 2.24) is 0 Å². The molecule has 0 rings (SSSR count). The Hall–Kier alpha value is -2.05. The van der Waals surface area contributed by atoms with Crippen molar-refractivity contribution in [2.24, 2.45) is 0 Å². The van der Waals surface area contributed by atoms with Gasteiger partial charge in [0.1, 0.15) is 0 Å². The van der Waals surface area contributed by atoms with Crippen molar-refractivity contribution in [2.45, 2.75) is 87.6 Å².